The summed E-state index contributed by atoms with van der Waals surface area (Å²) in [6.07, 6.45) is -3.10. The van der Waals surface area contributed by atoms with Crippen molar-refractivity contribution in [1.82, 2.24) is 4.98 Å². The number of hydrogen-bond donors (Lipinski definition) is 0. The van der Waals surface area contributed by atoms with Gasteiger partial charge >= 0.3 is 5.97 Å². The Labute approximate surface area is 110 Å². The molecule has 3 nitrogen and oxygen atoms in total. The van der Waals surface area contributed by atoms with Crippen LogP contribution in [0, 0.1) is 0 Å². The van der Waals surface area contributed by atoms with Crippen molar-refractivity contribution in [3.05, 3.63) is 28.0 Å². The van der Waals surface area contributed by atoms with Crippen molar-refractivity contribution in [3.63, 3.8) is 0 Å². The van der Waals surface area contributed by atoms with E-state index >= 15 is 0 Å². The summed E-state index contributed by atoms with van der Waals surface area (Å²) in [5.74, 6) is -0.637. The first-order valence-electron chi connectivity index (χ1n) is 4.58. The molecule has 0 spiro atoms. The SMILES string of the molecule is COC(=O)Cc1nc(CBr)cc(Cl)c1C(F)F. The van der Waals surface area contributed by atoms with E-state index in [0.29, 0.717) is 11.0 Å². The number of rotatable bonds is 4. The zero-order valence-electron chi connectivity index (χ0n) is 8.84. The molecule has 0 aliphatic carbocycles. The molecule has 0 unspecified atom stereocenters. The molecule has 1 rings (SSSR count). The Bertz CT molecular complexity index is 429. The summed E-state index contributed by atoms with van der Waals surface area (Å²) in [6, 6.07) is 1.35. The number of ether oxygens (including phenoxy) is 1. The van der Waals surface area contributed by atoms with Gasteiger partial charge in [0.25, 0.3) is 6.43 Å². The Balaban J connectivity index is 3.22. The third kappa shape index (κ3) is 3.61. The smallest absolute Gasteiger partial charge is 0.311 e. The Kier molecular flexibility index (Phi) is 5.27. The highest BCUT2D eigenvalue weighted by Crippen LogP contribution is 2.30. The lowest BCUT2D eigenvalue weighted by Gasteiger charge is -2.10. The Morgan fingerprint density at radius 2 is 2.29 bits per heavy atom. The van der Waals surface area contributed by atoms with Crippen LogP contribution in [0.2, 0.25) is 5.02 Å². The number of alkyl halides is 3. The third-order valence-electron chi connectivity index (χ3n) is 2.03. The van der Waals surface area contributed by atoms with Crippen molar-refractivity contribution in [3.8, 4) is 0 Å². The number of halogens is 4. The van der Waals surface area contributed by atoms with Gasteiger partial charge in [-0.05, 0) is 6.07 Å². The molecule has 0 saturated heterocycles. The van der Waals surface area contributed by atoms with E-state index in [1.807, 2.05) is 0 Å². The first-order valence-corrected chi connectivity index (χ1v) is 6.08. The van der Waals surface area contributed by atoms with Gasteiger partial charge in [0.15, 0.2) is 0 Å². The van der Waals surface area contributed by atoms with Gasteiger partial charge < -0.3 is 4.74 Å². The van der Waals surface area contributed by atoms with Crippen molar-refractivity contribution >= 4 is 33.5 Å². The highest BCUT2D eigenvalue weighted by Gasteiger charge is 2.21. The molecule has 0 amide bonds. The van der Waals surface area contributed by atoms with Gasteiger partial charge in [0.1, 0.15) is 0 Å². The average molecular weight is 329 g/mol. The number of carbonyl (C=O) groups excluding carboxylic acids is 1. The van der Waals surface area contributed by atoms with Crippen LogP contribution in [0.15, 0.2) is 6.07 Å². The highest BCUT2D eigenvalue weighted by molar-refractivity contribution is 9.08. The lowest BCUT2D eigenvalue weighted by Crippen LogP contribution is -2.10. The zero-order chi connectivity index (χ0) is 13.0. The second-order valence-electron chi connectivity index (χ2n) is 3.14. The van der Waals surface area contributed by atoms with Crippen LogP contribution >= 0.6 is 27.5 Å². The van der Waals surface area contributed by atoms with Gasteiger partial charge in [0.05, 0.1) is 35.5 Å². The molecule has 0 aromatic carbocycles. The van der Waals surface area contributed by atoms with Gasteiger partial charge in [-0.15, -0.1) is 0 Å². The Morgan fingerprint density at radius 3 is 2.76 bits per heavy atom. The van der Waals surface area contributed by atoms with Crippen LogP contribution in [-0.2, 0) is 21.3 Å². The molecule has 0 aliphatic rings. The predicted molar refractivity (Wildman–Crippen MR) is 62.6 cm³/mol. The lowest BCUT2D eigenvalue weighted by atomic mass is 10.1. The molecule has 0 aliphatic heterocycles. The molecular formula is C10H9BrClF2NO2. The van der Waals surface area contributed by atoms with Gasteiger partial charge in [0.2, 0.25) is 0 Å². The summed E-state index contributed by atoms with van der Waals surface area (Å²) in [7, 11) is 1.18. The van der Waals surface area contributed by atoms with E-state index in [9.17, 15) is 13.6 Å². The molecule has 94 valence electrons. The average Bonchev–Trinajstić information content (AvgIpc) is 2.27. The second-order valence-corrected chi connectivity index (χ2v) is 4.11. The Hall–Kier alpha value is -0.750. The zero-order valence-corrected chi connectivity index (χ0v) is 11.2. The fraction of sp³-hybridized carbons (Fsp3) is 0.400. The second kappa shape index (κ2) is 6.26. The van der Waals surface area contributed by atoms with Crippen molar-refractivity contribution in [2.75, 3.05) is 7.11 Å². The number of nitrogens with zero attached hydrogens (tertiary/aromatic N) is 1. The lowest BCUT2D eigenvalue weighted by molar-refractivity contribution is -0.139. The number of carbonyl (C=O) groups is 1. The number of aromatic nitrogens is 1. The van der Waals surface area contributed by atoms with Gasteiger partial charge in [-0.2, -0.15) is 0 Å². The molecule has 0 radical (unpaired) electrons. The van der Waals surface area contributed by atoms with Gasteiger partial charge in [-0.3, -0.25) is 9.78 Å². The van der Waals surface area contributed by atoms with E-state index < -0.39 is 18.0 Å². The highest BCUT2D eigenvalue weighted by atomic mass is 79.9. The topological polar surface area (TPSA) is 39.2 Å². The molecule has 17 heavy (non-hydrogen) atoms. The summed E-state index contributed by atoms with van der Waals surface area (Å²) >= 11 is 8.89. The molecule has 1 heterocycles. The summed E-state index contributed by atoms with van der Waals surface area (Å²) in [4.78, 5) is 15.1. The summed E-state index contributed by atoms with van der Waals surface area (Å²) in [6.45, 7) is 0. The minimum Gasteiger partial charge on any atom is -0.469 e. The van der Waals surface area contributed by atoms with E-state index in [0.717, 1.165) is 0 Å². The largest absolute Gasteiger partial charge is 0.469 e. The number of esters is 1. The van der Waals surface area contributed by atoms with Gasteiger partial charge in [-0.25, -0.2) is 8.78 Å². The number of hydrogen-bond acceptors (Lipinski definition) is 3. The first kappa shape index (κ1) is 14.3. The van der Waals surface area contributed by atoms with Crippen molar-refractivity contribution in [1.29, 1.82) is 0 Å². The van der Waals surface area contributed by atoms with E-state index in [1.165, 1.54) is 13.2 Å². The van der Waals surface area contributed by atoms with E-state index in [1.54, 1.807) is 0 Å². The molecular weight excluding hydrogens is 319 g/mol. The normalized spacial score (nSPS) is 10.7. The molecule has 1 aromatic rings. The number of pyridine rings is 1. The van der Waals surface area contributed by atoms with Gasteiger partial charge in [0, 0.05) is 5.33 Å². The van der Waals surface area contributed by atoms with Crippen LogP contribution in [0.4, 0.5) is 8.78 Å². The minimum absolute atomic E-state index is 0.0474. The van der Waals surface area contributed by atoms with E-state index in [-0.39, 0.29) is 17.1 Å². The molecule has 7 heteroatoms. The van der Waals surface area contributed by atoms with Crippen LogP contribution in [0.25, 0.3) is 0 Å². The summed E-state index contributed by atoms with van der Waals surface area (Å²) in [5.41, 5.74) is 0.0221. The first-order chi connectivity index (χ1) is 7.99. The van der Waals surface area contributed by atoms with E-state index in [4.69, 9.17) is 11.6 Å². The molecule has 0 fully saturated rings. The summed E-state index contributed by atoms with van der Waals surface area (Å²) in [5, 5.41) is 0.271. The van der Waals surface area contributed by atoms with Crippen LogP contribution in [0.5, 0.6) is 0 Å². The fourth-order valence-corrected chi connectivity index (χ4v) is 1.87. The van der Waals surface area contributed by atoms with Crippen molar-refractivity contribution in [2.24, 2.45) is 0 Å². The minimum atomic E-state index is -2.78. The van der Waals surface area contributed by atoms with Crippen LogP contribution in [-0.4, -0.2) is 18.1 Å². The van der Waals surface area contributed by atoms with E-state index in [2.05, 4.69) is 25.7 Å². The molecule has 0 saturated carbocycles. The summed E-state index contributed by atoms with van der Waals surface area (Å²) < 4.78 is 30.0. The third-order valence-corrected chi connectivity index (χ3v) is 2.92. The van der Waals surface area contributed by atoms with Crippen molar-refractivity contribution in [2.45, 2.75) is 18.2 Å². The molecule has 1 aromatic heterocycles. The fourth-order valence-electron chi connectivity index (χ4n) is 1.27. The van der Waals surface area contributed by atoms with Crippen LogP contribution in [0.3, 0.4) is 0 Å². The standard InChI is InChI=1S/C10H9BrClF2NO2/c1-17-8(16)3-7-9(10(13)14)6(12)2-5(4-11)15-7/h2,10H,3-4H2,1H3. The molecule has 0 N–H and O–H groups in total. The van der Waals surface area contributed by atoms with Crippen LogP contribution in [0.1, 0.15) is 23.4 Å². The monoisotopic (exact) mass is 327 g/mol. The Morgan fingerprint density at radius 1 is 1.65 bits per heavy atom. The number of methoxy groups -OCH3 is 1. The molecule has 0 bridgehead atoms. The maximum Gasteiger partial charge on any atom is 0.311 e. The predicted octanol–water partition coefficient (Wildman–Crippen LogP) is 3.28. The maximum atomic E-state index is 12.8. The molecule has 0 atom stereocenters. The maximum absolute atomic E-state index is 12.8. The van der Waals surface area contributed by atoms with Gasteiger partial charge in [-0.1, -0.05) is 27.5 Å². The van der Waals surface area contributed by atoms with Crippen molar-refractivity contribution < 1.29 is 18.3 Å². The quantitative estimate of drug-likeness (QED) is 0.629. The van der Waals surface area contributed by atoms with Crippen LogP contribution < -0.4 is 0 Å².